The first-order chi connectivity index (χ1) is 12.4. The molecule has 3 aromatic carbocycles. The van der Waals surface area contributed by atoms with Crippen LogP contribution in [0.4, 0.5) is 0 Å². The van der Waals surface area contributed by atoms with Crippen molar-refractivity contribution in [3.8, 4) is 11.5 Å². The topological polar surface area (TPSA) is 21.6 Å². The number of benzene rings is 3. The van der Waals surface area contributed by atoms with Gasteiger partial charge in [0.2, 0.25) is 0 Å². The molecule has 1 aliphatic heterocycles. The number of fused-ring (bicyclic) bond motifs is 2. The summed E-state index contributed by atoms with van der Waals surface area (Å²) in [6.45, 7) is 1.95. The lowest BCUT2D eigenvalue weighted by atomic mass is 9.86. The van der Waals surface area contributed by atoms with Crippen LogP contribution in [0.25, 0.3) is 5.70 Å². The van der Waals surface area contributed by atoms with Crippen molar-refractivity contribution < 1.29 is 4.74 Å². The molecule has 0 atom stereocenters. The van der Waals surface area contributed by atoms with Crippen LogP contribution in [0.3, 0.4) is 0 Å². The predicted octanol–water partition coefficient (Wildman–Crippen LogP) is 6.06. The number of nitrogens with zero attached hydrogens (tertiary/aromatic N) is 1. The van der Waals surface area contributed by atoms with Crippen LogP contribution in [0.1, 0.15) is 29.5 Å². The Morgan fingerprint density at radius 1 is 0.800 bits per heavy atom. The monoisotopic (exact) mass is 325 g/mol. The molecule has 25 heavy (non-hydrogen) atoms. The molecule has 0 radical (unpaired) electrons. The van der Waals surface area contributed by atoms with Gasteiger partial charge in [-0.25, -0.2) is 0 Å². The molecule has 122 valence electrons. The lowest BCUT2D eigenvalue weighted by Crippen LogP contribution is -2.08. The first-order valence-corrected chi connectivity index (χ1v) is 8.48. The Kier molecular flexibility index (Phi) is 4.17. The second kappa shape index (κ2) is 6.78. The van der Waals surface area contributed by atoms with E-state index in [1.807, 2.05) is 55.6 Å². The summed E-state index contributed by atoms with van der Waals surface area (Å²) in [5.41, 5.74) is 4.42. The van der Waals surface area contributed by atoms with Crippen LogP contribution in [-0.4, -0.2) is 6.21 Å². The van der Waals surface area contributed by atoms with E-state index in [0.717, 1.165) is 22.8 Å². The predicted molar refractivity (Wildman–Crippen MR) is 103 cm³/mol. The molecule has 0 amide bonds. The van der Waals surface area contributed by atoms with Crippen LogP contribution in [0.2, 0.25) is 0 Å². The maximum atomic E-state index is 6.09. The number of allylic oxidation sites excluding steroid dienone is 1. The summed E-state index contributed by atoms with van der Waals surface area (Å²) in [6, 6.07) is 26.7. The molecule has 0 bridgehead atoms. The van der Waals surface area contributed by atoms with Gasteiger partial charge < -0.3 is 4.74 Å². The summed E-state index contributed by atoms with van der Waals surface area (Å²) < 4.78 is 6.09. The third-order valence-electron chi connectivity index (χ3n) is 4.39. The SMILES string of the molecule is CC=N/C(=C\C1c2ccccc2Oc2ccccc21)c1ccccc1. The van der Waals surface area contributed by atoms with Gasteiger partial charge in [-0.15, -0.1) is 0 Å². The molecule has 3 aromatic rings. The molecule has 0 aliphatic carbocycles. The molecular formula is C23H19NO. The number of rotatable bonds is 3. The summed E-state index contributed by atoms with van der Waals surface area (Å²) in [6.07, 6.45) is 4.07. The fourth-order valence-electron chi connectivity index (χ4n) is 3.25. The molecule has 0 unspecified atom stereocenters. The smallest absolute Gasteiger partial charge is 0.131 e. The molecule has 0 spiro atoms. The molecule has 1 heterocycles. The van der Waals surface area contributed by atoms with Crippen molar-refractivity contribution in [2.45, 2.75) is 12.8 Å². The van der Waals surface area contributed by atoms with Crippen molar-refractivity contribution in [3.05, 3.63) is 102 Å². The lowest BCUT2D eigenvalue weighted by Gasteiger charge is -2.26. The maximum Gasteiger partial charge on any atom is 0.131 e. The summed E-state index contributed by atoms with van der Waals surface area (Å²) >= 11 is 0. The van der Waals surface area contributed by atoms with Crippen LogP contribution in [0, 0.1) is 0 Å². The van der Waals surface area contributed by atoms with E-state index >= 15 is 0 Å². The fraction of sp³-hybridized carbons (Fsp3) is 0.0870. The normalized spacial score (nSPS) is 14.0. The van der Waals surface area contributed by atoms with Crippen molar-refractivity contribution in [2.24, 2.45) is 4.99 Å². The molecule has 0 saturated heterocycles. The highest BCUT2D eigenvalue weighted by Gasteiger charge is 2.25. The zero-order valence-corrected chi connectivity index (χ0v) is 14.1. The standard InChI is InChI=1S/C23H19NO/c1-2-24-21(17-10-4-3-5-11-17)16-20-18-12-6-8-14-22(18)25-23-15-9-7-13-19(20)23/h2-16,20H,1H3/b21-16-,24-2?. The van der Waals surface area contributed by atoms with Gasteiger partial charge in [0.15, 0.2) is 0 Å². The van der Waals surface area contributed by atoms with Crippen LogP contribution in [-0.2, 0) is 0 Å². The highest BCUT2D eigenvalue weighted by Crippen LogP contribution is 2.45. The second-order valence-electron chi connectivity index (χ2n) is 5.96. The first kappa shape index (κ1) is 15.4. The van der Waals surface area contributed by atoms with E-state index in [9.17, 15) is 0 Å². The van der Waals surface area contributed by atoms with Gasteiger partial charge in [-0.1, -0.05) is 66.7 Å². The van der Waals surface area contributed by atoms with Crippen molar-refractivity contribution in [3.63, 3.8) is 0 Å². The van der Waals surface area contributed by atoms with Gasteiger partial charge in [0.05, 0.1) is 5.70 Å². The summed E-state index contributed by atoms with van der Waals surface area (Å²) in [5.74, 6) is 1.94. The molecule has 1 aliphatic rings. The highest BCUT2D eigenvalue weighted by molar-refractivity contribution is 5.74. The van der Waals surface area contributed by atoms with Gasteiger partial charge in [0.25, 0.3) is 0 Å². The zero-order valence-electron chi connectivity index (χ0n) is 14.1. The molecule has 0 saturated carbocycles. The molecule has 4 rings (SSSR count). The zero-order chi connectivity index (χ0) is 17.1. The van der Waals surface area contributed by atoms with Gasteiger partial charge in [0, 0.05) is 23.3 Å². The van der Waals surface area contributed by atoms with Crippen molar-refractivity contribution in [1.82, 2.24) is 0 Å². The maximum absolute atomic E-state index is 6.09. The van der Waals surface area contributed by atoms with Gasteiger partial charge in [0.1, 0.15) is 11.5 Å². The number of aliphatic imine (C=N–C) groups is 1. The van der Waals surface area contributed by atoms with Gasteiger partial charge >= 0.3 is 0 Å². The van der Waals surface area contributed by atoms with Crippen LogP contribution in [0.15, 0.2) is 89.9 Å². The fourth-order valence-corrected chi connectivity index (χ4v) is 3.25. The molecule has 2 nitrogen and oxygen atoms in total. The Hall–Kier alpha value is -3.13. The average molecular weight is 325 g/mol. The van der Waals surface area contributed by atoms with Gasteiger partial charge in [-0.2, -0.15) is 0 Å². The van der Waals surface area contributed by atoms with E-state index in [2.05, 4.69) is 47.5 Å². The van der Waals surface area contributed by atoms with E-state index in [0.29, 0.717) is 0 Å². The Bertz CT molecular complexity index is 896. The van der Waals surface area contributed by atoms with Crippen LogP contribution in [0.5, 0.6) is 11.5 Å². The van der Waals surface area contributed by atoms with E-state index in [-0.39, 0.29) is 5.92 Å². The number of hydrogen-bond donors (Lipinski definition) is 0. The summed E-state index contributed by atoms with van der Waals surface area (Å²) in [5, 5.41) is 0. The first-order valence-electron chi connectivity index (χ1n) is 8.48. The molecule has 2 heteroatoms. The van der Waals surface area contributed by atoms with E-state index in [1.165, 1.54) is 11.1 Å². The average Bonchev–Trinajstić information content (AvgIpc) is 2.68. The Balaban J connectivity index is 1.89. The minimum Gasteiger partial charge on any atom is -0.457 e. The Morgan fingerprint density at radius 2 is 1.36 bits per heavy atom. The van der Waals surface area contributed by atoms with Crippen molar-refractivity contribution in [1.29, 1.82) is 0 Å². The largest absolute Gasteiger partial charge is 0.457 e. The van der Waals surface area contributed by atoms with Crippen molar-refractivity contribution in [2.75, 3.05) is 0 Å². The van der Waals surface area contributed by atoms with Crippen LogP contribution < -0.4 is 4.74 Å². The van der Waals surface area contributed by atoms with Gasteiger partial charge in [-0.3, -0.25) is 4.99 Å². The quantitative estimate of drug-likeness (QED) is 0.537. The van der Waals surface area contributed by atoms with E-state index in [4.69, 9.17) is 4.74 Å². The lowest BCUT2D eigenvalue weighted by molar-refractivity contribution is 0.454. The third-order valence-corrected chi connectivity index (χ3v) is 4.39. The molecule has 0 aromatic heterocycles. The second-order valence-corrected chi connectivity index (χ2v) is 5.96. The molecular weight excluding hydrogens is 306 g/mol. The van der Waals surface area contributed by atoms with E-state index < -0.39 is 0 Å². The highest BCUT2D eigenvalue weighted by atomic mass is 16.5. The van der Waals surface area contributed by atoms with E-state index in [1.54, 1.807) is 0 Å². The third kappa shape index (κ3) is 2.99. The molecule has 0 N–H and O–H groups in total. The number of hydrogen-bond acceptors (Lipinski definition) is 2. The number of ether oxygens (including phenoxy) is 1. The molecule has 0 fully saturated rings. The van der Waals surface area contributed by atoms with Gasteiger partial charge in [-0.05, 0) is 30.7 Å². The minimum absolute atomic E-state index is 0.111. The van der Waals surface area contributed by atoms with Crippen molar-refractivity contribution >= 4 is 11.9 Å². The van der Waals surface area contributed by atoms with Crippen LogP contribution >= 0.6 is 0 Å². The summed E-state index contributed by atoms with van der Waals surface area (Å²) in [7, 11) is 0. The summed E-state index contributed by atoms with van der Waals surface area (Å²) in [4.78, 5) is 4.63. The number of para-hydroxylation sites is 2. The Labute approximate surface area is 148 Å². The minimum atomic E-state index is 0.111. The Morgan fingerprint density at radius 3 is 1.96 bits per heavy atom.